The van der Waals surface area contributed by atoms with E-state index in [0.29, 0.717) is 5.82 Å². The molecule has 1 amide bonds. The third-order valence-electron chi connectivity index (χ3n) is 2.70. The van der Waals surface area contributed by atoms with Gasteiger partial charge >= 0.3 is 6.18 Å². The van der Waals surface area contributed by atoms with Crippen molar-refractivity contribution in [2.24, 2.45) is 0 Å². The summed E-state index contributed by atoms with van der Waals surface area (Å²) >= 11 is 0. The monoisotopic (exact) mass is 284 g/mol. The fraction of sp³-hybridized carbons (Fsp3) is 0.167. The standard InChI is InChI=1S/C12H11F3N4O/c1-6-4-7(9(16)5-8(6)12(13,14)15)11(20)18-10-2-3-17-19-10/h2-5H,16H2,1H3,(H2,17,18,19,20). The average molecular weight is 284 g/mol. The molecule has 1 aromatic heterocycles. The molecule has 5 nitrogen and oxygen atoms in total. The number of nitrogens with zero attached hydrogens (tertiary/aromatic N) is 1. The minimum absolute atomic E-state index is 0.0231. The molecule has 0 fully saturated rings. The Hall–Kier alpha value is -2.51. The molecule has 0 spiro atoms. The number of alkyl halides is 3. The molecule has 0 aliphatic carbocycles. The van der Waals surface area contributed by atoms with Crippen molar-refractivity contribution in [2.45, 2.75) is 13.1 Å². The predicted molar refractivity (Wildman–Crippen MR) is 67.1 cm³/mol. The maximum Gasteiger partial charge on any atom is 0.416 e. The van der Waals surface area contributed by atoms with Crippen molar-refractivity contribution in [1.29, 1.82) is 0 Å². The zero-order valence-electron chi connectivity index (χ0n) is 10.4. The van der Waals surface area contributed by atoms with Gasteiger partial charge in [0.25, 0.3) is 5.91 Å². The highest BCUT2D eigenvalue weighted by molar-refractivity contribution is 6.07. The first-order valence-corrected chi connectivity index (χ1v) is 5.57. The largest absolute Gasteiger partial charge is 0.416 e. The van der Waals surface area contributed by atoms with Gasteiger partial charge < -0.3 is 11.1 Å². The van der Waals surface area contributed by atoms with E-state index in [1.807, 2.05) is 0 Å². The molecule has 0 aliphatic rings. The molecule has 0 bridgehead atoms. The van der Waals surface area contributed by atoms with Crippen LogP contribution in [0.2, 0.25) is 0 Å². The van der Waals surface area contributed by atoms with Crippen molar-refractivity contribution in [3.63, 3.8) is 0 Å². The normalized spacial score (nSPS) is 11.4. The van der Waals surface area contributed by atoms with Crippen molar-refractivity contribution in [2.75, 3.05) is 11.1 Å². The van der Waals surface area contributed by atoms with Gasteiger partial charge in [-0.25, -0.2) is 0 Å². The molecular formula is C12H11F3N4O. The van der Waals surface area contributed by atoms with Crippen LogP contribution in [0, 0.1) is 6.92 Å². The van der Waals surface area contributed by atoms with Crippen LogP contribution in [0.3, 0.4) is 0 Å². The van der Waals surface area contributed by atoms with Gasteiger partial charge in [-0.2, -0.15) is 18.3 Å². The van der Waals surface area contributed by atoms with Crippen molar-refractivity contribution in [3.05, 3.63) is 41.1 Å². The molecule has 20 heavy (non-hydrogen) atoms. The number of nitrogens with two attached hydrogens (primary N) is 1. The predicted octanol–water partition coefficient (Wildman–Crippen LogP) is 2.57. The number of hydrogen-bond donors (Lipinski definition) is 3. The van der Waals surface area contributed by atoms with E-state index in [1.54, 1.807) is 0 Å². The summed E-state index contributed by atoms with van der Waals surface area (Å²) in [5.74, 6) is -0.282. The number of H-pyrrole nitrogens is 1. The van der Waals surface area contributed by atoms with E-state index in [2.05, 4.69) is 15.5 Å². The first kappa shape index (κ1) is 13.9. The van der Waals surface area contributed by atoms with Crippen LogP contribution in [0.5, 0.6) is 0 Å². The van der Waals surface area contributed by atoms with E-state index >= 15 is 0 Å². The number of carbonyl (C=O) groups excluding carboxylic acids is 1. The number of aromatic amines is 1. The number of nitrogen functional groups attached to an aromatic ring is 1. The summed E-state index contributed by atoms with van der Waals surface area (Å²) in [6.07, 6.45) is -3.08. The smallest absolute Gasteiger partial charge is 0.398 e. The van der Waals surface area contributed by atoms with Crippen LogP contribution in [-0.2, 0) is 6.18 Å². The summed E-state index contributed by atoms with van der Waals surface area (Å²) in [6, 6.07) is 3.38. The number of halogens is 3. The highest BCUT2D eigenvalue weighted by Gasteiger charge is 2.33. The van der Waals surface area contributed by atoms with Gasteiger partial charge in [-0.15, -0.1) is 0 Å². The van der Waals surface area contributed by atoms with E-state index in [0.717, 1.165) is 12.1 Å². The van der Waals surface area contributed by atoms with Crippen LogP contribution >= 0.6 is 0 Å². The van der Waals surface area contributed by atoms with E-state index < -0.39 is 17.6 Å². The Kier molecular flexibility index (Phi) is 3.39. The lowest BCUT2D eigenvalue weighted by Gasteiger charge is -2.13. The van der Waals surface area contributed by atoms with Gasteiger partial charge in [-0.1, -0.05) is 0 Å². The van der Waals surface area contributed by atoms with Gasteiger partial charge in [0.2, 0.25) is 0 Å². The van der Waals surface area contributed by atoms with Crippen LogP contribution in [0.1, 0.15) is 21.5 Å². The number of aryl methyl sites for hydroxylation is 1. The molecule has 2 rings (SSSR count). The Labute approximate surface area is 112 Å². The van der Waals surface area contributed by atoms with Crippen LogP contribution in [0.15, 0.2) is 24.4 Å². The Morgan fingerprint density at radius 3 is 2.65 bits per heavy atom. The molecule has 0 atom stereocenters. The van der Waals surface area contributed by atoms with Crippen molar-refractivity contribution >= 4 is 17.4 Å². The lowest BCUT2D eigenvalue weighted by atomic mass is 10.0. The number of amides is 1. The third kappa shape index (κ3) is 2.73. The highest BCUT2D eigenvalue weighted by atomic mass is 19.4. The second kappa shape index (κ2) is 4.87. The minimum atomic E-state index is -4.50. The van der Waals surface area contributed by atoms with Crippen molar-refractivity contribution in [1.82, 2.24) is 10.2 Å². The third-order valence-corrected chi connectivity index (χ3v) is 2.70. The number of carbonyl (C=O) groups is 1. The Balaban J connectivity index is 2.34. The number of benzene rings is 1. The zero-order valence-corrected chi connectivity index (χ0v) is 10.4. The summed E-state index contributed by atoms with van der Waals surface area (Å²) in [4.78, 5) is 11.9. The fourth-order valence-electron chi connectivity index (χ4n) is 1.74. The molecule has 1 heterocycles. The van der Waals surface area contributed by atoms with E-state index in [-0.39, 0.29) is 16.8 Å². The van der Waals surface area contributed by atoms with Gasteiger partial charge in [-0.3, -0.25) is 9.89 Å². The molecule has 1 aromatic carbocycles. The van der Waals surface area contributed by atoms with Gasteiger partial charge in [0.1, 0.15) is 5.82 Å². The van der Waals surface area contributed by atoms with E-state index in [9.17, 15) is 18.0 Å². The molecule has 0 unspecified atom stereocenters. The van der Waals surface area contributed by atoms with Gasteiger partial charge in [-0.05, 0) is 24.6 Å². The number of anilines is 2. The van der Waals surface area contributed by atoms with Gasteiger partial charge in [0, 0.05) is 11.8 Å². The molecular weight excluding hydrogens is 273 g/mol. The number of rotatable bonds is 2. The molecule has 0 saturated heterocycles. The number of hydrogen-bond acceptors (Lipinski definition) is 3. The summed E-state index contributed by atoms with van der Waals surface area (Å²) in [5.41, 5.74) is 4.35. The highest BCUT2D eigenvalue weighted by Crippen LogP contribution is 2.34. The SMILES string of the molecule is Cc1cc(C(=O)Nc2ccn[nH]2)c(N)cc1C(F)(F)F. The van der Waals surface area contributed by atoms with Crippen molar-refractivity contribution < 1.29 is 18.0 Å². The molecule has 106 valence electrons. The van der Waals surface area contributed by atoms with Crippen LogP contribution in [0.4, 0.5) is 24.7 Å². The second-order valence-electron chi connectivity index (χ2n) is 4.18. The van der Waals surface area contributed by atoms with Crippen LogP contribution in [-0.4, -0.2) is 16.1 Å². The topological polar surface area (TPSA) is 83.8 Å². The van der Waals surface area contributed by atoms with E-state index in [1.165, 1.54) is 19.2 Å². The molecule has 2 aromatic rings. The molecule has 0 saturated carbocycles. The summed E-state index contributed by atoms with van der Waals surface area (Å²) in [5, 5.41) is 8.59. The molecule has 8 heteroatoms. The quantitative estimate of drug-likeness (QED) is 0.741. The Morgan fingerprint density at radius 1 is 1.40 bits per heavy atom. The maximum absolute atomic E-state index is 12.7. The van der Waals surface area contributed by atoms with Crippen molar-refractivity contribution in [3.8, 4) is 0 Å². The lowest BCUT2D eigenvalue weighted by Crippen LogP contribution is -2.17. The number of aromatic nitrogens is 2. The zero-order chi connectivity index (χ0) is 14.9. The second-order valence-corrected chi connectivity index (χ2v) is 4.18. The minimum Gasteiger partial charge on any atom is -0.398 e. The number of nitrogens with one attached hydrogen (secondary N) is 2. The van der Waals surface area contributed by atoms with Crippen LogP contribution in [0.25, 0.3) is 0 Å². The summed E-state index contributed by atoms with van der Waals surface area (Å²) in [7, 11) is 0. The van der Waals surface area contributed by atoms with Gasteiger partial charge in [0.05, 0.1) is 17.3 Å². The Bertz CT molecular complexity index is 635. The maximum atomic E-state index is 12.7. The first-order chi connectivity index (χ1) is 9.29. The molecule has 0 aliphatic heterocycles. The van der Waals surface area contributed by atoms with Gasteiger partial charge in [0.15, 0.2) is 0 Å². The molecule has 4 N–H and O–H groups in total. The van der Waals surface area contributed by atoms with Crippen LogP contribution < -0.4 is 11.1 Å². The van der Waals surface area contributed by atoms with E-state index in [4.69, 9.17) is 5.73 Å². The summed E-state index contributed by atoms with van der Waals surface area (Å²) in [6.45, 7) is 1.27. The lowest BCUT2D eigenvalue weighted by molar-refractivity contribution is -0.138. The Morgan fingerprint density at radius 2 is 2.10 bits per heavy atom. The fourth-order valence-corrected chi connectivity index (χ4v) is 1.74. The molecule has 0 radical (unpaired) electrons. The average Bonchev–Trinajstić information content (AvgIpc) is 2.82. The summed E-state index contributed by atoms with van der Waals surface area (Å²) < 4.78 is 38.1. The first-order valence-electron chi connectivity index (χ1n) is 5.57.